The molecule has 1 aromatic carbocycles. The molecule has 0 spiro atoms. The molecule has 0 aliphatic heterocycles. The molecule has 0 amide bonds. The Balaban J connectivity index is 2.64. The summed E-state index contributed by atoms with van der Waals surface area (Å²) in [5.41, 5.74) is 3.64. The molecule has 0 bridgehead atoms. The Bertz CT molecular complexity index is 558. The van der Waals surface area contributed by atoms with E-state index in [0.29, 0.717) is 11.9 Å². The van der Waals surface area contributed by atoms with Crippen molar-refractivity contribution in [3.8, 4) is 11.4 Å². The van der Waals surface area contributed by atoms with Gasteiger partial charge in [0.2, 0.25) is 0 Å². The topological polar surface area (TPSA) is 30.7 Å². The van der Waals surface area contributed by atoms with Gasteiger partial charge in [0.15, 0.2) is 5.82 Å². The zero-order chi connectivity index (χ0) is 13.3. The number of alkyl halides is 1. The molecule has 0 aliphatic rings. The van der Waals surface area contributed by atoms with Gasteiger partial charge in [-0.2, -0.15) is 0 Å². The molecule has 0 N–H and O–H groups in total. The molecule has 2 rings (SSSR count). The summed E-state index contributed by atoms with van der Waals surface area (Å²) >= 11 is 5.92. The van der Waals surface area contributed by atoms with E-state index in [2.05, 4.69) is 60.7 Å². The second-order valence-electron chi connectivity index (χ2n) is 4.78. The molecular weight excluding hydrogens is 246 g/mol. The van der Waals surface area contributed by atoms with Crippen molar-refractivity contribution in [3.05, 3.63) is 35.2 Å². The largest absolute Gasteiger partial charge is 0.307 e. The molecule has 0 fully saturated rings. The van der Waals surface area contributed by atoms with Gasteiger partial charge in [0.05, 0.1) is 5.88 Å². The van der Waals surface area contributed by atoms with Crippen LogP contribution in [0.25, 0.3) is 11.4 Å². The second kappa shape index (κ2) is 5.11. The third-order valence-corrected chi connectivity index (χ3v) is 3.49. The Hall–Kier alpha value is -1.35. The van der Waals surface area contributed by atoms with Crippen LogP contribution in [0.1, 0.15) is 36.8 Å². The zero-order valence-corrected chi connectivity index (χ0v) is 12.0. The maximum atomic E-state index is 5.92. The lowest BCUT2D eigenvalue weighted by Crippen LogP contribution is -2.07. The van der Waals surface area contributed by atoms with Crippen LogP contribution in [-0.4, -0.2) is 14.8 Å². The van der Waals surface area contributed by atoms with Gasteiger partial charge in [-0.05, 0) is 38.8 Å². The predicted octanol–water partition coefficient (Wildman–Crippen LogP) is 3.88. The minimum absolute atomic E-state index is 0.295. The smallest absolute Gasteiger partial charge is 0.164 e. The molecule has 0 saturated carbocycles. The highest BCUT2D eigenvalue weighted by Crippen LogP contribution is 2.27. The van der Waals surface area contributed by atoms with Crippen LogP contribution in [0.4, 0.5) is 0 Å². The Morgan fingerprint density at radius 3 is 2.56 bits per heavy atom. The first-order chi connectivity index (χ1) is 8.56. The van der Waals surface area contributed by atoms with Gasteiger partial charge in [0.25, 0.3) is 0 Å². The van der Waals surface area contributed by atoms with Gasteiger partial charge in [0, 0.05) is 11.6 Å². The minimum Gasteiger partial charge on any atom is -0.307 e. The van der Waals surface area contributed by atoms with E-state index >= 15 is 0 Å². The zero-order valence-electron chi connectivity index (χ0n) is 11.2. The molecular formula is C14H18ClN3. The highest BCUT2D eigenvalue weighted by molar-refractivity contribution is 6.16. The highest BCUT2D eigenvalue weighted by atomic mass is 35.5. The molecule has 2 aromatic rings. The molecule has 0 radical (unpaired) electrons. The molecule has 96 valence electrons. The van der Waals surface area contributed by atoms with Gasteiger partial charge in [-0.15, -0.1) is 21.8 Å². The SMILES string of the molecule is Cc1cccc(-c2nnc(CCl)n2C(C)C)c1C. The average Bonchev–Trinajstić information content (AvgIpc) is 2.76. The fraction of sp³-hybridized carbons (Fsp3) is 0.429. The van der Waals surface area contributed by atoms with E-state index in [4.69, 9.17) is 11.6 Å². The number of nitrogens with zero attached hydrogens (tertiary/aromatic N) is 3. The van der Waals surface area contributed by atoms with E-state index in [-0.39, 0.29) is 0 Å². The van der Waals surface area contributed by atoms with Crippen molar-refractivity contribution >= 4 is 11.6 Å². The summed E-state index contributed by atoms with van der Waals surface area (Å²) in [6.07, 6.45) is 0. The number of hydrogen-bond donors (Lipinski definition) is 0. The van der Waals surface area contributed by atoms with Crippen molar-refractivity contribution in [2.24, 2.45) is 0 Å². The van der Waals surface area contributed by atoms with E-state index in [9.17, 15) is 0 Å². The van der Waals surface area contributed by atoms with Crippen molar-refractivity contribution in [2.45, 2.75) is 39.6 Å². The summed E-state index contributed by atoms with van der Waals surface area (Å²) in [5.74, 6) is 2.11. The highest BCUT2D eigenvalue weighted by Gasteiger charge is 2.17. The van der Waals surface area contributed by atoms with Crippen LogP contribution in [0.15, 0.2) is 18.2 Å². The van der Waals surface area contributed by atoms with Gasteiger partial charge in [-0.25, -0.2) is 0 Å². The molecule has 3 nitrogen and oxygen atoms in total. The molecule has 0 unspecified atom stereocenters. The van der Waals surface area contributed by atoms with Gasteiger partial charge < -0.3 is 4.57 Å². The molecule has 0 aliphatic carbocycles. The number of rotatable bonds is 3. The third-order valence-electron chi connectivity index (χ3n) is 3.25. The van der Waals surface area contributed by atoms with E-state index in [1.54, 1.807) is 0 Å². The summed E-state index contributed by atoms with van der Waals surface area (Å²) < 4.78 is 2.11. The van der Waals surface area contributed by atoms with E-state index in [0.717, 1.165) is 17.2 Å². The summed E-state index contributed by atoms with van der Waals surface area (Å²) in [5, 5.41) is 8.49. The van der Waals surface area contributed by atoms with Gasteiger partial charge in [0.1, 0.15) is 5.82 Å². The lowest BCUT2D eigenvalue weighted by Gasteiger charge is -2.15. The van der Waals surface area contributed by atoms with Crippen LogP contribution in [0, 0.1) is 13.8 Å². The summed E-state index contributed by atoms with van der Waals surface area (Å²) in [6, 6.07) is 6.54. The molecule has 1 heterocycles. The summed E-state index contributed by atoms with van der Waals surface area (Å²) in [4.78, 5) is 0. The Labute approximate surface area is 113 Å². The fourth-order valence-electron chi connectivity index (χ4n) is 2.13. The standard InChI is InChI=1S/C14H18ClN3/c1-9(2)18-13(8-15)16-17-14(18)12-7-5-6-10(3)11(12)4/h5-7,9H,8H2,1-4H3. The monoisotopic (exact) mass is 263 g/mol. The minimum atomic E-state index is 0.295. The maximum absolute atomic E-state index is 5.92. The Morgan fingerprint density at radius 1 is 1.22 bits per heavy atom. The Morgan fingerprint density at radius 2 is 1.94 bits per heavy atom. The van der Waals surface area contributed by atoms with Gasteiger partial charge in [-0.1, -0.05) is 18.2 Å². The second-order valence-corrected chi connectivity index (χ2v) is 5.05. The van der Waals surface area contributed by atoms with Crippen LogP contribution in [0.5, 0.6) is 0 Å². The van der Waals surface area contributed by atoms with Crippen molar-refractivity contribution in [1.82, 2.24) is 14.8 Å². The van der Waals surface area contributed by atoms with E-state index in [1.807, 2.05) is 0 Å². The van der Waals surface area contributed by atoms with Crippen LogP contribution in [0.3, 0.4) is 0 Å². The van der Waals surface area contributed by atoms with Crippen molar-refractivity contribution in [1.29, 1.82) is 0 Å². The Kier molecular flexibility index (Phi) is 3.71. The fourth-order valence-corrected chi connectivity index (χ4v) is 2.32. The lowest BCUT2D eigenvalue weighted by atomic mass is 10.0. The number of benzene rings is 1. The van der Waals surface area contributed by atoms with E-state index < -0.39 is 0 Å². The molecule has 4 heteroatoms. The first-order valence-electron chi connectivity index (χ1n) is 6.12. The molecule has 18 heavy (non-hydrogen) atoms. The van der Waals surface area contributed by atoms with Gasteiger partial charge in [-0.3, -0.25) is 0 Å². The summed E-state index contributed by atoms with van der Waals surface area (Å²) in [6.45, 7) is 8.46. The number of halogens is 1. The van der Waals surface area contributed by atoms with Gasteiger partial charge >= 0.3 is 0 Å². The molecule has 0 atom stereocenters. The van der Waals surface area contributed by atoms with Crippen LogP contribution < -0.4 is 0 Å². The third kappa shape index (κ3) is 2.15. The normalized spacial score (nSPS) is 11.2. The number of aryl methyl sites for hydroxylation is 1. The van der Waals surface area contributed by atoms with Crippen molar-refractivity contribution in [3.63, 3.8) is 0 Å². The van der Waals surface area contributed by atoms with Crippen LogP contribution in [-0.2, 0) is 5.88 Å². The molecule has 1 aromatic heterocycles. The van der Waals surface area contributed by atoms with Crippen molar-refractivity contribution in [2.75, 3.05) is 0 Å². The average molecular weight is 264 g/mol. The van der Waals surface area contributed by atoms with Crippen LogP contribution in [0.2, 0.25) is 0 Å². The van der Waals surface area contributed by atoms with E-state index in [1.165, 1.54) is 11.1 Å². The first kappa shape index (κ1) is 13.1. The molecule has 0 saturated heterocycles. The lowest BCUT2D eigenvalue weighted by molar-refractivity contribution is 0.584. The number of hydrogen-bond acceptors (Lipinski definition) is 2. The van der Waals surface area contributed by atoms with Crippen LogP contribution >= 0.6 is 11.6 Å². The van der Waals surface area contributed by atoms with Crippen molar-refractivity contribution < 1.29 is 0 Å². The maximum Gasteiger partial charge on any atom is 0.164 e. The predicted molar refractivity (Wildman–Crippen MR) is 74.9 cm³/mol. The first-order valence-corrected chi connectivity index (χ1v) is 6.66. The quantitative estimate of drug-likeness (QED) is 0.787. The summed E-state index contributed by atoms with van der Waals surface area (Å²) in [7, 11) is 0. The number of aromatic nitrogens is 3.